The summed E-state index contributed by atoms with van der Waals surface area (Å²) in [6.07, 6.45) is 1.59. The van der Waals surface area contributed by atoms with Crippen molar-refractivity contribution in [2.45, 2.75) is 32.3 Å². The largest absolute Gasteiger partial charge is 0.449 e. The van der Waals surface area contributed by atoms with Crippen LogP contribution in [0.3, 0.4) is 0 Å². The van der Waals surface area contributed by atoms with E-state index in [0.717, 1.165) is 16.1 Å². The predicted molar refractivity (Wildman–Crippen MR) is 109 cm³/mol. The Morgan fingerprint density at radius 3 is 2.83 bits per heavy atom. The van der Waals surface area contributed by atoms with Gasteiger partial charge < -0.3 is 30.6 Å². The van der Waals surface area contributed by atoms with Crippen LogP contribution in [-0.4, -0.2) is 33.3 Å². The summed E-state index contributed by atoms with van der Waals surface area (Å²) in [5.41, 5.74) is 7.88. The zero-order chi connectivity index (χ0) is 20.6. The number of nitrogens with zero attached hydrogens (tertiary/aromatic N) is 1. The molecule has 9 heteroatoms. The van der Waals surface area contributed by atoms with Crippen molar-refractivity contribution in [3.8, 4) is 22.8 Å². The van der Waals surface area contributed by atoms with E-state index in [9.17, 15) is 9.90 Å². The number of fused-ring (bicyclic) bond motifs is 1. The number of aromatic nitrogens is 2. The Hall–Kier alpha value is -2.88. The third-order valence-electron chi connectivity index (χ3n) is 4.46. The molecular weight excluding hydrogens is 392 g/mol. The summed E-state index contributed by atoms with van der Waals surface area (Å²) < 4.78 is 11.5. The molecule has 0 fully saturated rings. The Kier molecular flexibility index (Phi) is 5.03. The number of rotatable bonds is 6. The third kappa shape index (κ3) is 3.98. The number of hydrogen-bond donors (Lipinski definition) is 4. The molecule has 1 aliphatic heterocycles. The van der Waals surface area contributed by atoms with E-state index in [1.54, 1.807) is 12.3 Å². The molecular formula is C20H22N4O4S. The highest BCUT2D eigenvalue weighted by Gasteiger charge is 2.31. The molecule has 3 heterocycles. The Labute approximate surface area is 171 Å². The van der Waals surface area contributed by atoms with E-state index >= 15 is 0 Å². The van der Waals surface area contributed by atoms with Crippen LogP contribution in [0.5, 0.6) is 11.5 Å². The van der Waals surface area contributed by atoms with Crippen LogP contribution >= 0.6 is 11.3 Å². The molecule has 0 saturated carbocycles. The van der Waals surface area contributed by atoms with Crippen LogP contribution in [0.1, 0.15) is 40.3 Å². The number of carbonyl (C=O) groups is 1. The van der Waals surface area contributed by atoms with Crippen molar-refractivity contribution in [3.05, 3.63) is 52.1 Å². The van der Waals surface area contributed by atoms with Gasteiger partial charge in [-0.25, -0.2) is 4.98 Å². The molecule has 1 unspecified atom stereocenters. The first-order chi connectivity index (χ1) is 13.9. The van der Waals surface area contributed by atoms with Crippen molar-refractivity contribution in [2.75, 3.05) is 6.54 Å². The smallest absolute Gasteiger partial charge is 0.268 e. The Balaban J connectivity index is 1.49. The Morgan fingerprint density at radius 2 is 2.10 bits per heavy atom. The average Bonchev–Trinajstić information content (AvgIpc) is 3.41. The van der Waals surface area contributed by atoms with E-state index in [2.05, 4.69) is 15.3 Å². The molecule has 1 amide bonds. The summed E-state index contributed by atoms with van der Waals surface area (Å²) in [5.74, 6) is 0.388. The minimum Gasteiger partial charge on any atom is -0.449 e. The highest BCUT2D eigenvalue weighted by atomic mass is 32.1. The number of aliphatic hydroxyl groups is 1. The van der Waals surface area contributed by atoms with E-state index in [1.807, 2.05) is 38.1 Å². The zero-order valence-electron chi connectivity index (χ0n) is 16.1. The van der Waals surface area contributed by atoms with Crippen molar-refractivity contribution in [1.29, 1.82) is 0 Å². The highest BCUT2D eigenvalue weighted by molar-refractivity contribution is 7.11. The monoisotopic (exact) mass is 414 g/mol. The second-order valence-corrected chi connectivity index (χ2v) is 8.28. The molecule has 29 heavy (non-hydrogen) atoms. The summed E-state index contributed by atoms with van der Waals surface area (Å²) in [5, 5.41) is 12.7. The molecule has 2 aromatic heterocycles. The number of amides is 1. The maximum absolute atomic E-state index is 12.7. The number of nitrogens with one attached hydrogen (secondary N) is 2. The van der Waals surface area contributed by atoms with Crippen molar-refractivity contribution in [3.63, 3.8) is 0 Å². The van der Waals surface area contributed by atoms with Gasteiger partial charge in [0, 0.05) is 37.8 Å². The molecule has 152 valence electrons. The molecule has 1 aliphatic rings. The number of benzene rings is 1. The van der Waals surface area contributed by atoms with E-state index in [0.29, 0.717) is 22.2 Å². The van der Waals surface area contributed by atoms with Crippen LogP contribution < -0.4 is 20.5 Å². The van der Waals surface area contributed by atoms with Gasteiger partial charge in [-0.3, -0.25) is 4.79 Å². The van der Waals surface area contributed by atoms with Gasteiger partial charge >= 0.3 is 0 Å². The van der Waals surface area contributed by atoms with Gasteiger partial charge in [-0.2, -0.15) is 0 Å². The van der Waals surface area contributed by atoms with Gasteiger partial charge in [0.2, 0.25) is 5.79 Å². The summed E-state index contributed by atoms with van der Waals surface area (Å²) >= 11 is 1.32. The minimum absolute atomic E-state index is 0.0877. The number of aliphatic hydroxyl groups excluding tert-OH is 1. The summed E-state index contributed by atoms with van der Waals surface area (Å²) in [6, 6.07) is 8.77. The molecule has 3 aromatic rings. The van der Waals surface area contributed by atoms with Gasteiger partial charge in [0.25, 0.3) is 5.91 Å². The van der Waals surface area contributed by atoms with Gasteiger partial charge in [0.15, 0.2) is 11.5 Å². The molecule has 0 aliphatic carbocycles. The molecule has 5 N–H and O–H groups in total. The van der Waals surface area contributed by atoms with Crippen molar-refractivity contribution >= 4 is 17.2 Å². The fourth-order valence-corrected chi connectivity index (χ4v) is 3.94. The second kappa shape index (κ2) is 7.51. The van der Waals surface area contributed by atoms with Crippen LogP contribution in [0.2, 0.25) is 0 Å². The Morgan fingerprint density at radius 1 is 1.31 bits per heavy atom. The first-order valence-corrected chi connectivity index (χ1v) is 9.98. The van der Waals surface area contributed by atoms with Gasteiger partial charge in [-0.05, 0) is 30.3 Å². The maximum atomic E-state index is 12.7. The molecule has 1 atom stereocenters. The number of nitrogens with two attached hydrogens (primary N) is 1. The first kappa shape index (κ1) is 19.4. The topological polar surface area (TPSA) is 122 Å². The second-order valence-electron chi connectivity index (χ2n) is 7.14. The van der Waals surface area contributed by atoms with Crippen molar-refractivity contribution < 1.29 is 19.4 Å². The molecule has 0 bridgehead atoms. The third-order valence-corrected chi connectivity index (χ3v) is 5.56. The molecule has 1 aromatic carbocycles. The number of carbonyl (C=O) groups excluding carboxylic acids is 1. The molecule has 0 radical (unpaired) electrons. The van der Waals surface area contributed by atoms with Gasteiger partial charge in [-0.1, -0.05) is 0 Å². The van der Waals surface area contributed by atoms with Gasteiger partial charge in [0.05, 0.1) is 17.5 Å². The quantitative estimate of drug-likeness (QED) is 0.492. The van der Waals surface area contributed by atoms with Gasteiger partial charge in [0.1, 0.15) is 10.7 Å². The number of ether oxygens (including phenoxy) is 2. The minimum atomic E-state index is -0.690. The SMILES string of the molecule is CC1(C)Oc2ccc(-c3ccc(C(=O)NC(CN)c4ncc(CO)s4)[nH]3)cc2O1. The lowest BCUT2D eigenvalue weighted by molar-refractivity contribution is -0.0431. The average molecular weight is 414 g/mol. The fourth-order valence-electron chi connectivity index (χ4n) is 3.10. The van der Waals surface area contributed by atoms with E-state index < -0.39 is 11.8 Å². The lowest BCUT2D eigenvalue weighted by Gasteiger charge is -2.16. The summed E-state index contributed by atoms with van der Waals surface area (Å²) in [7, 11) is 0. The first-order valence-electron chi connectivity index (χ1n) is 9.16. The lowest BCUT2D eigenvalue weighted by Crippen LogP contribution is -2.33. The number of aromatic amines is 1. The zero-order valence-corrected chi connectivity index (χ0v) is 16.9. The number of H-pyrrole nitrogens is 1. The van der Waals surface area contributed by atoms with Crippen LogP contribution in [-0.2, 0) is 6.61 Å². The lowest BCUT2D eigenvalue weighted by atomic mass is 10.1. The van der Waals surface area contributed by atoms with E-state index in [-0.39, 0.29) is 19.1 Å². The standard InChI is InChI=1S/C20H22N4O4S/c1-20(2)27-16-6-3-11(7-17(16)28-20)13-4-5-14(23-13)18(26)24-15(8-21)19-22-9-12(10-25)29-19/h3-7,9,15,23,25H,8,10,21H2,1-2H3,(H,24,26). The summed E-state index contributed by atoms with van der Waals surface area (Å²) in [4.78, 5) is 20.8. The predicted octanol–water partition coefficient (Wildman–Crippen LogP) is 2.57. The molecule has 0 spiro atoms. The van der Waals surface area contributed by atoms with Crippen molar-refractivity contribution in [2.24, 2.45) is 5.73 Å². The van der Waals surface area contributed by atoms with Crippen LogP contribution in [0.25, 0.3) is 11.3 Å². The van der Waals surface area contributed by atoms with Crippen molar-refractivity contribution in [1.82, 2.24) is 15.3 Å². The summed E-state index contributed by atoms with van der Waals surface area (Å²) in [6.45, 7) is 3.82. The Bertz CT molecular complexity index is 1040. The van der Waals surface area contributed by atoms with Crippen LogP contribution in [0.15, 0.2) is 36.5 Å². The number of hydrogen-bond acceptors (Lipinski definition) is 7. The highest BCUT2D eigenvalue weighted by Crippen LogP contribution is 2.41. The molecule has 4 rings (SSSR count). The van der Waals surface area contributed by atoms with E-state index in [4.69, 9.17) is 15.2 Å². The van der Waals surface area contributed by atoms with Crippen LogP contribution in [0.4, 0.5) is 0 Å². The molecule has 8 nitrogen and oxygen atoms in total. The van der Waals surface area contributed by atoms with Gasteiger partial charge in [-0.15, -0.1) is 11.3 Å². The molecule has 0 saturated heterocycles. The number of thiazole rings is 1. The van der Waals surface area contributed by atoms with Crippen LogP contribution in [0, 0.1) is 0 Å². The fraction of sp³-hybridized carbons (Fsp3) is 0.300. The maximum Gasteiger partial charge on any atom is 0.268 e. The van der Waals surface area contributed by atoms with E-state index in [1.165, 1.54) is 11.3 Å². The normalized spacial score (nSPS) is 15.3.